The van der Waals surface area contributed by atoms with E-state index in [-0.39, 0.29) is 17.3 Å². The van der Waals surface area contributed by atoms with Gasteiger partial charge in [0.25, 0.3) is 0 Å². The van der Waals surface area contributed by atoms with E-state index in [9.17, 15) is 14.7 Å². The Bertz CT molecular complexity index is 1470. The smallest absolute Gasteiger partial charge is 0.336 e. The van der Waals surface area contributed by atoms with Crippen molar-refractivity contribution in [3.63, 3.8) is 0 Å². The van der Waals surface area contributed by atoms with Crippen LogP contribution in [0.1, 0.15) is 21.7 Å². The highest BCUT2D eigenvalue weighted by Crippen LogP contribution is 2.40. The lowest BCUT2D eigenvalue weighted by molar-refractivity contribution is 0.101. The fourth-order valence-corrected chi connectivity index (χ4v) is 3.75. The van der Waals surface area contributed by atoms with Gasteiger partial charge in [0.2, 0.25) is 5.78 Å². The number of benzene rings is 3. The van der Waals surface area contributed by atoms with Crippen LogP contribution in [0, 0.1) is 6.92 Å². The van der Waals surface area contributed by atoms with Crippen LogP contribution in [0.25, 0.3) is 33.1 Å². The van der Waals surface area contributed by atoms with Crippen molar-refractivity contribution >= 4 is 27.7 Å². The summed E-state index contributed by atoms with van der Waals surface area (Å²) in [7, 11) is 0. The highest BCUT2D eigenvalue weighted by molar-refractivity contribution is 6.20. The van der Waals surface area contributed by atoms with E-state index in [4.69, 9.17) is 8.83 Å². The molecule has 2 aromatic heterocycles. The van der Waals surface area contributed by atoms with Gasteiger partial charge in [-0.2, -0.15) is 0 Å². The first-order valence-corrected chi connectivity index (χ1v) is 9.42. The molecule has 3 aromatic carbocycles. The summed E-state index contributed by atoms with van der Waals surface area (Å²) >= 11 is 0. The summed E-state index contributed by atoms with van der Waals surface area (Å²) < 4.78 is 11.6. The van der Waals surface area contributed by atoms with Gasteiger partial charge in [0.15, 0.2) is 5.76 Å². The molecule has 5 rings (SSSR count). The van der Waals surface area contributed by atoms with Gasteiger partial charge in [-0.1, -0.05) is 30.3 Å². The Hall–Kier alpha value is -4.12. The molecule has 5 aromatic rings. The van der Waals surface area contributed by atoms with Crippen molar-refractivity contribution in [2.24, 2.45) is 0 Å². The van der Waals surface area contributed by atoms with Crippen molar-refractivity contribution < 1.29 is 18.7 Å². The van der Waals surface area contributed by atoms with Crippen LogP contribution in [-0.2, 0) is 0 Å². The van der Waals surface area contributed by atoms with E-state index in [1.54, 1.807) is 18.2 Å². The predicted octanol–water partition coefficient (Wildman–Crippen LogP) is 5.45. The molecule has 0 spiro atoms. The van der Waals surface area contributed by atoms with Crippen molar-refractivity contribution in [2.45, 2.75) is 6.92 Å². The Morgan fingerprint density at radius 3 is 2.37 bits per heavy atom. The highest BCUT2D eigenvalue weighted by atomic mass is 16.4. The predicted molar refractivity (Wildman–Crippen MR) is 114 cm³/mol. The lowest BCUT2D eigenvalue weighted by Gasteiger charge is -2.05. The summed E-state index contributed by atoms with van der Waals surface area (Å²) in [6.45, 7) is 1.84. The van der Waals surface area contributed by atoms with Crippen LogP contribution in [0.2, 0.25) is 0 Å². The topological polar surface area (TPSA) is 80.7 Å². The van der Waals surface area contributed by atoms with Crippen LogP contribution < -0.4 is 5.63 Å². The summed E-state index contributed by atoms with van der Waals surface area (Å²) in [4.78, 5) is 25.4. The second kappa shape index (κ2) is 6.74. The number of aromatic hydroxyl groups is 1. The molecule has 1 N–H and O–H groups in total. The van der Waals surface area contributed by atoms with Gasteiger partial charge in [0.1, 0.15) is 16.9 Å². The molecule has 0 aliphatic rings. The molecule has 0 fully saturated rings. The first-order chi connectivity index (χ1) is 14.5. The average Bonchev–Trinajstić information content (AvgIpc) is 3.14. The number of carbonyl (C=O) groups is 1. The van der Waals surface area contributed by atoms with E-state index in [2.05, 4.69) is 0 Å². The second-order valence-corrected chi connectivity index (χ2v) is 7.11. The maximum Gasteiger partial charge on any atom is 0.336 e. The summed E-state index contributed by atoms with van der Waals surface area (Å²) in [5.74, 6) is -0.102. The molecule has 0 atom stereocenters. The summed E-state index contributed by atoms with van der Waals surface area (Å²) in [6.07, 6.45) is 0. The summed E-state index contributed by atoms with van der Waals surface area (Å²) in [5, 5.41) is 10.9. The average molecular weight is 396 g/mol. The molecule has 0 saturated heterocycles. The van der Waals surface area contributed by atoms with Crippen LogP contribution in [-0.4, -0.2) is 10.9 Å². The Morgan fingerprint density at radius 2 is 1.63 bits per heavy atom. The molecule has 0 unspecified atom stereocenters. The van der Waals surface area contributed by atoms with E-state index in [0.29, 0.717) is 27.7 Å². The lowest BCUT2D eigenvalue weighted by Crippen LogP contribution is -2.01. The van der Waals surface area contributed by atoms with Gasteiger partial charge in [-0.3, -0.25) is 4.79 Å². The Morgan fingerprint density at radius 1 is 0.900 bits per heavy atom. The minimum Gasteiger partial charge on any atom is -0.508 e. The molecule has 146 valence electrons. The summed E-state index contributed by atoms with van der Waals surface area (Å²) in [6, 6.07) is 20.4. The summed E-state index contributed by atoms with van der Waals surface area (Å²) in [5.41, 5.74) is 2.90. The van der Waals surface area contributed by atoms with Gasteiger partial charge in [0, 0.05) is 22.6 Å². The number of ketones is 1. The van der Waals surface area contributed by atoms with Gasteiger partial charge in [0.05, 0.1) is 5.39 Å². The van der Waals surface area contributed by atoms with Crippen LogP contribution in [0.3, 0.4) is 0 Å². The molecule has 0 radical (unpaired) electrons. The first-order valence-electron chi connectivity index (χ1n) is 9.42. The SMILES string of the molecule is Cc1cc(=O)oc2c1ccc1oc(C(=O)c3ccc(O)cc3)c(-c3ccccc3)c12. The molecule has 0 aliphatic carbocycles. The Labute approximate surface area is 170 Å². The monoisotopic (exact) mass is 396 g/mol. The molecule has 0 aliphatic heterocycles. The van der Waals surface area contributed by atoms with Gasteiger partial charge in [-0.25, -0.2) is 4.79 Å². The van der Waals surface area contributed by atoms with E-state index in [0.717, 1.165) is 16.5 Å². The molecule has 0 saturated carbocycles. The maximum absolute atomic E-state index is 13.3. The van der Waals surface area contributed by atoms with Gasteiger partial charge in [-0.15, -0.1) is 0 Å². The Kier molecular flexibility index (Phi) is 4.03. The number of phenols is 1. The van der Waals surface area contributed by atoms with E-state index in [1.165, 1.54) is 18.2 Å². The van der Waals surface area contributed by atoms with E-state index in [1.807, 2.05) is 43.3 Å². The zero-order valence-corrected chi connectivity index (χ0v) is 16.0. The quantitative estimate of drug-likeness (QED) is 0.324. The van der Waals surface area contributed by atoms with Gasteiger partial charge >= 0.3 is 5.63 Å². The van der Waals surface area contributed by atoms with Crippen LogP contribution in [0.15, 0.2) is 86.4 Å². The maximum atomic E-state index is 13.3. The van der Waals surface area contributed by atoms with Crippen LogP contribution in [0.4, 0.5) is 0 Å². The van der Waals surface area contributed by atoms with Crippen molar-refractivity contribution in [3.05, 3.63) is 100 Å². The van der Waals surface area contributed by atoms with Gasteiger partial charge < -0.3 is 13.9 Å². The van der Waals surface area contributed by atoms with E-state index < -0.39 is 5.63 Å². The molecule has 0 bridgehead atoms. The number of phenolic OH excluding ortho intramolecular Hbond substituents is 1. The van der Waals surface area contributed by atoms with Crippen molar-refractivity contribution in [1.82, 2.24) is 0 Å². The van der Waals surface area contributed by atoms with Crippen molar-refractivity contribution in [1.29, 1.82) is 0 Å². The van der Waals surface area contributed by atoms with Crippen LogP contribution in [0.5, 0.6) is 5.75 Å². The third kappa shape index (κ3) is 2.79. The first kappa shape index (κ1) is 17.9. The van der Waals surface area contributed by atoms with Gasteiger partial charge in [-0.05, 0) is 54.4 Å². The standard InChI is InChI=1S/C25H16O5/c1-14-13-20(27)30-24-18(14)11-12-19-22(24)21(15-5-3-2-4-6-15)25(29-19)23(28)16-7-9-17(26)10-8-16/h2-13,26H,1H3. The van der Waals surface area contributed by atoms with Crippen LogP contribution >= 0.6 is 0 Å². The Balaban J connectivity index is 1.89. The molecule has 5 heteroatoms. The van der Waals surface area contributed by atoms with Crippen molar-refractivity contribution in [2.75, 3.05) is 0 Å². The van der Waals surface area contributed by atoms with E-state index >= 15 is 0 Å². The number of carbonyl (C=O) groups excluding carboxylic acids is 1. The minimum atomic E-state index is -0.459. The molecule has 5 nitrogen and oxygen atoms in total. The fourth-order valence-electron chi connectivity index (χ4n) is 3.75. The highest BCUT2D eigenvalue weighted by Gasteiger charge is 2.25. The molecular weight excluding hydrogens is 380 g/mol. The second-order valence-electron chi connectivity index (χ2n) is 7.11. The molecule has 2 heterocycles. The number of aryl methyl sites for hydroxylation is 1. The zero-order chi connectivity index (χ0) is 20.8. The largest absolute Gasteiger partial charge is 0.508 e. The molecule has 30 heavy (non-hydrogen) atoms. The number of hydrogen-bond donors (Lipinski definition) is 1. The van der Waals surface area contributed by atoms with Crippen molar-refractivity contribution in [3.8, 4) is 16.9 Å². The third-order valence-corrected chi connectivity index (χ3v) is 5.17. The number of hydrogen-bond acceptors (Lipinski definition) is 5. The fraction of sp³-hybridized carbons (Fsp3) is 0.0400. The zero-order valence-electron chi connectivity index (χ0n) is 16.0. The normalized spacial score (nSPS) is 11.2. The lowest BCUT2D eigenvalue weighted by atomic mass is 9.96. The molecular formula is C25H16O5. The number of rotatable bonds is 3. The number of furan rings is 1. The number of fused-ring (bicyclic) bond motifs is 3. The minimum absolute atomic E-state index is 0.0719. The third-order valence-electron chi connectivity index (χ3n) is 5.17. The molecule has 0 amide bonds.